The maximum absolute atomic E-state index is 13.2. The molecule has 1 atom stereocenters. The molecule has 0 aliphatic heterocycles. The van der Waals surface area contributed by atoms with Crippen molar-refractivity contribution in [3.63, 3.8) is 0 Å². The summed E-state index contributed by atoms with van der Waals surface area (Å²) in [5.74, 6) is -18.8. The van der Waals surface area contributed by atoms with E-state index in [1.165, 1.54) is 0 Å². The first-order valence-corrected chi connectivity index (χ1v) is 4.43. The highest BCUT2D eigenvalue weighted by Crippen LogP contribution is 2.52. The zero-order chi connectivity index (χ0) is 15.7. The van der Waals surface area contributed by atoms with E-state index >= 15 is 0 Å². The third-order valence-electron chi connectivity index (χ3n) is 2.19. The molecule has 1 unspecified atom stereocenters. The summed E-state index contributed by atoms with van der Waals surface area (Å²) in [4.78, 5) is 10.7. The molecule has 0 spiro atoms. The van der Waals surface area contributed by atoms with E-state index in [1.54, 1.807) is 0 Å². The molecular weight excluding hydrogens is 293 g/mol. The molecule has 0 aromatic rings. The second kappa shape index (κ2) is 5.12. The predicted octanol–water partition coefficient (Wildman–Crippen LogP) is 1.72. The number of alkyl halides is 7. The Labute approximate surface area is 102 Å². The molecule has 114 valence electrons. The SMILES string of the molecule is COC(=O)CC(O)(OC)C(F)(F)C(F)(F)C(F)(F)F. The topological polar surface area (TPSA) is 55.8 Å². The minimum atomic E-state index is -6.65. The van der Waals surface area contributed by atoms with E-state index in [4.69, 9.17) is 5.11 Å². The smallest absolute Gasteiger partial charge is 0.460 e. The molecule has 0 saturated carbocycles. The summed E-state index contributed by atoms with van der Waals surface area (Å²) in [6, 6.07) is 0. The average Bonchev–Trinajstić information content (AvgIpc) is 2.26. The summed E-state index contributed by atoms with van der Waals surface area (Å²) in [6.45, 7) is 0. The molecule has 0 heterocycles. The van der Waals surface area contributed by atoms with Crippen LogP contribution in [-0.2, 0) is 14.3 Å². The van der Waals surface area contributed by atoms with E-state index in [9.17, 15) is 35.5 Å². The first-order valence-electron chi connectivity index (χ1n) is 4.43. The quantitative estimate of drug-likeness (QED) is 0.477. The number of aliphatic hydroxyl groups is 1. The average molecular weight is 302 g/mol. The van der Waals surface area contributed by atoms with Gasteiger partial charge in [-0.15, -0.1) is 0 Å². The maximum Gasteiger partial charge on any atom is 0.460 e. The lowest BCUT2D eigenvalue weighted by Crippen LogP contribution is -2.65. The van der Waals surface area contributed by atoms with Crippen LogP contribution in [0.15, 0.2) is 0 Å². The third kappa shape index (κ3) is 2.91. The van der Waals surface area contributed by atoms with Gasteiger partial charge in [0.05, 0.1) is 7.11 Å². The van der Waals surface area contributed by atoms with Crippen LogP contribution in [0.5, 0.6) is 0 Å². The first-order chi connectivity index (χ1) is 8.27. The van der Waals surface area contributed by atoms with Gasteiger partial charge in [-0.2, -0.15) is 30.7 Å². The van der Waals surface area contributed by atoms with Gasteiger partial charge < -0.3 is 14.6 Å². The van der Waals surface area contributed by atoms with Crippen LogP contribution < -0.4 is 0 Å². The minimum absolute atomic E-state index is 0.239. The van der Waals surface area contributed by atoms with Crippen molar-refractivity contribution >= 4 is 5.97 Å². The van der Waals surface area contributed by atoms with Crippen LogP contribution in [0.2, 0.25) is 0 Å². The van der Waals surface area contributed by atoms with Crippen molar-refractivity contribution in [1.29, 1.82) is 0 Å². The van der Waals surface area contributed by atoms with Gasteiger partial charge in [-0.1, -0.05) is 0 Å². The third-order valence-corrected chi connectivity index (χ3v) is 2.19. The number of carbonyl (C=O) groups excluding carboxylic acids is 1. The standard InChI is InChI=1S/C8H9F7O4/c1-18-4(16)3-5(17,19-2)6(9,10)7(11,12)8(13,14)15/h17H,3H2,1-2H3. The second-order valence-electron chi connectivity index (χ2n) is 3.39. The lowest BCUT2D eigenvalue weighted by molar-refractivity contribution is -0.425. The molecule has 11 heteroatoms. The fourth-order valence-electron chi connectivity index (χ4n) is 1.00. The summed E-state index contributed by atoms with van der Waals surface area (Å²) < 4.78 is 94.8. The number of hydrogen-bond donors (Lipinski definition) is 1. The van der Waals surface area contributed by atoms with Crippen molar-refractivity contribution in [2.75, 3.05) is 14.2 Å². The summed E-state index contributed by atoms with van der Waals surface area (Å²) in [6.07, 6.45) is -8.57. The maximum atomic E-state index is 13.2. The number of rotatable bonds is 5. The van der Waals surface area contributed by atoms with E-state index in [0.29, 0.717) is 7.11 Å². The Morgan fingerprint density at radius 1 is 1.00 bits per heavy atom. The molecule has 0 bridgehead atoms. The molecule has 0 aliphatic rings. The van der Waals surface area contributed by atoms with Gasteiger partial charge in [-0.3, -0.25) is 4.79 Å². The Balaban J connectivity index is 5.63. The van der Waals surface area contributed by atoms with Crippen LogP contribution in [0.25, 0.3) is 0 Å². The lowest BCUT2D eigenvalue weighted by Gasteiger charge is -2.38. The zero-order valence-electron chi connectivity index (χ0n) is 9.52. The Kier molecular flexibility index (Phi) is 4.82. The van der Waals surface area contributed by atoms with Crippen LogP contribution in [0.4, 0.5) is 30.7 Å². The molecule has 0 aromatic carbocycles. The Morgan fingerprint density at radius 3 is 1.68 bits per heavy atom. The Bertz CT molecular complexity index is 340. The molecule has 1 N–H and O–H groups in total. The van der Waals surface area contributed by atoms with Gasteiger partial charge in [-0.05, 0) is 0 Å². The molecule has 0 amide bonds. The van der Waals surface area contributed by atoms with Gasteiger partial charge in [-0.25, -0.2) is 0 Å². The Hall–Kier alpha value is -1.10. The van der Waals surface area contributed by atoms with E-state index in [1.807, 2.05) is 0 Å². The molecular formula is C8H9F7O4. The zero-order valence-corrected chi connectivity index (χ0v) is 9.52. The Morgan fingerprint density at radius 2 is 1.42 bits per heavy atom. The van der Waals surface area contributed by atoms with E-state index in [0.717, 1.165) is 0 Å². The van der Waals surface area contributed by atoms with Gasteiger partial charge in [0.2, 0.25) is 5.79 Å². The highest BCUT2D eigenvalue weighted by atomic mass is 19.4. The molecule has 0 aromatic heterocycles. The van der Waals surface area contributed by atoms with Gasteiger partial charge in [0, 0.05) is 7.11 Å². The van der Waals surface area contributed by atoms with Gasteiger partial charge in [0.15, 0.2) is 0 Å². The van der Waals surface area contributed by atoms with E-state index in [2.05, 4.69) is 9.47 Å². The molecule has 0 aliphatic carbocycles. The number of carbonyl (C=O) groups is 1. The predicted molar refractivity (Wildman–Crippen MR) is 44.5 cm³/mol. The van der Waals surface area contributed by atoms with Crippen LogP contribution in [0.3, 0.4) is 0 Å². The molecule has 19 heavy (non-hydrogen) atoms. The minimum Gasteiger partial charge on any atom is -0.469 e. The number of halogens is 7. The second-order valence-corrected chi connectivity index (χ2v) is 3.39. The normalized spacial score (nSPS) is 16.9. The fourth-order valence-corrected chi connectivity index (χ4v) is 1.00. The van der Waals surface area contributed by atoms with Gasteiger partial charge >= 0.3 is 24.0 Å². The van der Waals surface area contributed by atoms with Crippen LogP contribution >= 0.6 is 0 Å². The molecule has 0 saturated heterocycles. The number of methoxy groups -OCH3 is 2. The van der Waals surface area contributed by atoms with Crippen molar-refractivity contribution in [2.45, 2.75) is 30.2 Å². The monoisotopic (exact) mass is 302 g/mol. The van der Waals surface area contributed by atoms with Crippen molar-refractivity contribution in [3.05, 3.63) is 0 Å². The number of hydrogen-bond acceptors (Lipinski definition) is 4. The summed E-state index contributed by atoms with van der Waals surface area (Å²) in [5.41, 5.74) is 0. The molecule has 0 fully saturated rings. The highest BCUT2D eigenvalue weighted by molar-refractivity contribution is 5.70. The van der Waals surface area contributed by atoms with Crippen molar-refractivity contribution < 1.29 is 50.1 Å². The number of esters is 1. The highest BCUT2D eigenvalue weighted by Gasteiger charge is 2.80. The van der Waals surface area contributed by atoms with Crippen molar-refractivity contribution in [1.82, 2.24) is 0 Å². The molecule has 4 nitrogen and oxygen atoms in total. The van der Waals surface area contributed by atoms with E-state index in [-0.39, 0.29) is 7.11 Å². The van der Waals surface area contributed by atoms with Crippen molar-refractivity contribution in [3.8, 4) is 0 Å². The summed E-state index contributed by atoms with van der Waals surface area (Å²) in [7, 11) is 0.891. The number of ether oxygens (including phenoxy) is 2. The van der Waals surface area contributed by atoms with Gasteiger partial charge in [0.1, 0.15) is 6.42 Å². The lowest BCUT2D eigenvalue weighted by atomic mass is 9.98. The summed E-state index contributed by atoms with van der Waals surface area (Å²) >= 11 is 0. The van der Waals surface area contributed by atoms with Crippen molar-refractivity contribution in [2.24, 2.45) is 0 Å². The first kappa shape index (κ1) is 17.9. The van der Waals surface area contributed by atoms with Crippen LogP contribution in [0.1, 0.15) is 6.42 Å². The largest absolute Gasteiger partial charge is 0.469 e. The van der Waals surface area contributed by atoms with Crippen LogP contribution in [-0.4, -0.2) is 49.1 Å². The summed E-state index contributed by atoms with van der Waals surface area (Å²) in [5, 5.41) is 9.10. The van der Waals surface area contributed by atoms with E-state index < -0.39 is 36.2 Å². The molecule has 0 radical (unpaired) electrons. The van der Waals surface area contributed by atoms with Crippen LogP contribution in [0, 0.1) is 0 Å². The fraction of sp³-hybridized carbons (Fsp3) is 0.875. The van der Waals surface area contributed by atoms with Gasteiger partial charge in [0.25, 0.3) is 0 Å². The molecule has 0 rings (SSSR count).